The molecule has 2 heterocycles. The number of benzene rings is 2. The zero-order valence-electron chi connectivity index (χ0n) is 13.7. The maximum atomic E-state index is 11.2. The fourth-order valence-electron chi connectivity index (χ4n) is 2.65. The predicted octanol–water partition coefficient (Wildman–Crippen LogP) is 3.87. The molecule has 1 aliphatic rings. The third kappa shape index (κ3) is 3.95. The average molecular weight is 334 g/mol. The Labute approximate surface area is 145 Å². The summed E-state index contributed by atoms with van der Waals surface area (Å²) in [6.45, 7) is 1.81. The highest BCUT2D eigenvalue weighted by Crippen LogP contribution is 2.29. The second-order valence-electron chi connectivity index (χ2n) is 5.82. The van der Waals surface area contributed by atoms with Crippen LogP contribution in [0.4, 0.5) is 5.69 Å². The summed E-state index contributed by atoms with van der Waals surface area (Å²) >= 11 is 0. The van der Waals surface area contributed by atoms with Crippen LogP contribution in [0.3, 0.4) is 0 Å². The number of nitrogens with one attached hydrogen (secondary N) is 2. The number of carboxylic acids is 1. The van der Waals surface area contributed by atoms with E-state index in [1.807, 2.05) is 37.3 Å². The van der Waals surface area contributed by atoms with Crippen molar-refractivity contribution in [2.75, 3.05) is 5.32 Å². The van der Waals surface area contributed by atoms with E-state index in [1.54, 1.807) is 6.07 Å². The molecule has 0 spiro atoms. The fraction of sp³-hybridized carbons (Fsp3) is 0.100. The van der Waals surface area contributed by atoms with Gasteiger partial charge in [0.25, 0.3) is 0 Å². The Morgan fingerprint density at radius 2 is 1.76 bits per heavy atom. The Morgan fingerprint density at radius 1 is 1.00 bits per heavy atom. The van der Waals surface area contributed by atoms with Gasteiger partial charge >= 0.3 is 5.97 Å². The quantitative estimate of drug-likeness (QED) is 0.665. The summed E-state index contributed by atoms with van der Waals surface area (Å²) < 4.78 is 0. The maximum absolute atomic E-state index is 11.2. The molecule has 1 aliphatic heterocycles. The molecule has 25 heavy (non-hydrogen) atoms. The van der Waals surface area contributed by atoms with Crippen molar-refractivity contribution in [1.82, 2.24) is 4.98 Å². The van der Waals surface area contributed by atoms with Gasteiger partial charge in [-0.15, -0.1) is 0 Å². The summed E-state index contributed by atoms with van der Waals surface area (Å²) in [7, 11) is 0. The van der Waals surface area contributed by atoms with Gasteiger partial charge in [-0.1, -0.05) is 42.5 Å². The molecule has 1 aromatic heterocycles. The highest BCUT2D eigenvalue weighted by molar-refractivity contribution is 5.99. The Morgan fingerprint density at radius 3 is 2.36 bits per heavy atom. The number of carbonyl (C=O) groups is 2. The first kappa shape index (κ1) is 16.5. The van der Waals surface area contributed by atoms with Crippen LogP contribution in [0, 0.1) is 6.92 Å². The number of aromatic carboxylic acids is 1. The molecule has 1 amide bonds. The van der Waals surface area contributed by atoms with Crippen molar-refractivity contribution in [2.24, 2.45) is 0 Å². The minimum Gasteiger partial charge on any atom is -0.477 e. The zero-order chi connectivity index (χ0) is 17.8. The van der Waals surface area contributed by atoms with E-state index in [-0.39, 0.29) is 11.6 Å². The van der Waals surface area contributed by atoms with Crippen LogP contribution < -0.4 is 5.32 Å². The number of anilines is 1. The van der Waals surface area contributed by atoms with Crippen molar-refractivity contribution < 1.29 is 14.7 Å². The number of aryl methyl sites for hydroxylation is 1. The molecule has 0 radical (unpaired) electrons. The SMILES string of the molecule is Cc1ccc(C(=O)O)[nH]1.O=C1Cc2ccc(-c3ccccc3)cc2N1. The Kier molecular flexibility index (Phi) is 4.66. The number of aromatic nitrogens is 1. The lowest BCUT2D eigenvalue weighted by molar-refractivity contribution is -0.115. The number of hydrogen-bond acceptors (Lipinski definition) is 2. The topological polar surface area (TPSA) is 82.2 Å². The fourth-order valence-corrected chi connectivity index (χ4v) is 2.65. The lowest BCUT2D eigenvalue weighted by Gasteiger charge is -2.04. The molecule has 0 saturated carbocycles. The third-order valence-electron chi connectivity index (χ3n) is 3.90. The number of amides is 1. The van der Waals surface area contributed by atoms with Crippen LogP contribution in [-0.4, -0.2) is 22.0 Å². The van der Waals surface area contributed by atoms with Gasteiger partial charge in [0.05, 0.1) is 6.42 Å². The van der Waals surface area contributed by atoms with Crippen molar-refractivity contribution in [2.45, 2.75) is 13.3 Å². The number of hydrogen-bond donors (Lipinski definition) is 3. The van der Waals surface area contributed by atoms with E-state index in [2.05, 4.69) is 28.5 Å². The lowest BCUT2D eigenvalue weighted by atomic mass is 10.0. The van der Waals surface area contributed by atoms with Crippen LogP contribution in [0.2, 0.25) is 0 Å². The van der Waals surface area contributed by atoms with E-state index in [9.17, 15) is 9.59 Å². The summed E-state index contributed by atoms with van der Waals surface area (Å²) in [5.74, 6) is -0.830. The number of carbonyl (C=O) groups excluding carboxylic acids is 1. The Bertz CT molecular complexity index is 914. The monoisotopic (exact) mass is 334 g/mol. The standard InChI is InChI=1S/C14H11NO.C6H7NO2/c16-14-9-12-7-6-11(8-13(12)15-14)10-4-2-1-3-5-10;1-4-2-3-5(7-4)6(8)9/h1-8H,9H2,(H,15,16);2-3,7H,1H3,(H,8,9). The van der Waals surface area contributed by atoms with Crippen LogP contribution in [0.1, 0.15) is 21.7 Å². The Hall–Kier alpha value is -3.34. The van der Waals surface area contributed by atoms with E-state index >= 15 is 0 Å². The number of rotatable bonds is 2. The van der Waals surface area contributed by atoms with E-state index in [1.165, 1.54) is 11.6 Å². The first-order valence-electron chi connectivity index (χ1n) is 7.90. The summed E-state index contributed by atoms with van der Waals surface area (Å²) in [5, 5.41) is 11.2. The molecule has 0 saturated heterocycles. The minimum absolute atomic E-state index is 0.0835. The largest absolute Gasteiger partial charge is 0.477 e. The van der Waals surface area contributed by atoms with Gasteiger partial charge in [0.2, 0.25) is 5.91 Å². The molecule has 3 aromatic rings. The summed E-state index contributed by atoms with van der Waals surface area (Å²) in [6.07, 6.45) is 0.504. The summed E-state index contributed by atoms with van der Waals surface area (Å²) in [5.41, 5.74) is 5.46. The van der Waals surface area contributed by atoms with E-state index in [0.717, 1.165) is 22.5 Å². The van der Waals surface area contributed by atoms with Gasteiger partial charge in [-0.25, -0.2) is 4.79 Å². The van der Waals surface area contributed by atoms with Gasteiger partial charge in [-0.2, -0.15) is 0 Å². The van der Waals surface area contributed by atoms with Crippen LogP contribution >= 0.6 is 0 Å². The smallest absolute Gasteiger partial charge is 0.352 e. The molecule has 126 valence electrons. The average Bonchev–Trinajstić information content (AvgIpc) is 3.20. The molecule has 5 nitrogen and oxygen atoms in total. The molecule has 2 aromatic carbocycles. The molecule has 0 bridgehead atoms. The third-order valence-corrected chi connectivity index (χ3v) is 3.90. The van der Waals surface area contributed by atoms with Gasteiger partial charge in [0.1, 0.15) is 5.69 Å². The molecule has 0 fully saturated rings. The number of fused-ring (bicyclic) bond motifs is 1. The number of aromatic amines is 1. The number of H-pyrrole nitrogens is 1. The van der Waals surface area contributed by atoms with Gasteiger partial charge in [0.15, 0.2) is 0 Å². The van der Waals surface area contributed by atoms with Gasteiger partial charge < -0.3 is 15.4 Å². The highest BCUT2D eigenvalue weighted by Gasteiger charge is 2.17. The highest BCUT2D eigenvalue weighted by atomic mass is 16.4. The maximum Gasteiger partial charge on any atom is 0.352 e. The predicted molar refractivity (Wildman–Crippen MR) is 96.7 cm³/mol. The molecule has 4 rings (SSSR count). The van der Waals surface area contributed by atoms with Crippen molar-refractivity contribution in [3.05, 3.63) is 77.6 Å². The van der Waals surface area contributed by atoms with E-state index < -0.39 is 5.97 Å². The minimum atomic E-state index is -0.914. The molecule has 0 unspecified atom stereocenters. The van der Waals surface area contributed by atoms with Crippen molar-refractivity contribution in [3.63, 3.8) is 0 Å². The molecule has 0 aliphatic carbocycles. The van der Waals surface area contributed by atoms with Crippen LogP contribution in [0.15, 0.2) is 60.7 Å². The zero-order valence-corrected chi connectivity index (χ0v) is 13.7. The normalized spacial score (nSPS) is 12.0. The van der Waals surface area contributed by atoms with E-state index in [4.69, 9.17) is 5.11 Å². The first-order chi connectivity index (χ1) is 12.0. The van der Waals surface area contributed by atoms with Crippen LogP contribution in [-0.2, 0) is 11.2 Å². The summed E-state index contributed by atoms with van der Waals surface area (Å²) in [6, 6.07) is 19.6. The Balaban J connectivity index is 0.000000173. The molecule has 3 N–H and O–H groups in total. The van der Waals surface area contributed by atoms with Crippen LogP contribution in [0.5, 0.6) is 0 Å². The molecule has 5 heteroatoms. The van der Waals surface area contributed by atoms with Crippen molar-refractivity contribution >= 4 is 17.6 Å². The second kappa shape index (κ2) is 7.05. The van der Waals surface area contributed by atoms with Gasteiger partial charge in [-0.05, 0) is 41.8 Å². The van der Waals surface area contributed by atoms with Crippen LogP contribution in [0.25, 0.3) is 11.1 Å². The lowest BCUT2D eigenvalue weighted by Crippen LogP contribution is -2.03. The van der Waals surface area contributed by atoms with E-state index in [0.29, 0.717) is 6.42 Å². The molecular weight excluding hydrogens is 316 g/mol. The van der Waals surface area contributed by atoms with Crippen molar-refractivity contribution in [3.8, 4) is 11.1 Å². The first-order valence-corrected chi connectivity index (χ1v) is 7.90. The van der Waals surface area contributed by atoms with Gasteiger partial charge in [0, 0.05) is 11.4 Å². The number of carboxylic acid groups (broad SMARTS) is 1. The summed E-state index contributed by atoms with van der Waals surface area (Å²) in [4.78, 5) is 24.1. The molecule has 0 atom stereocenters. The van der Waals surface area contributed by atoms with Crippen molar-refractivity contribution in [1.29, 1.82) is 0 Å². The second-order valence-corrected chi connectivity index (χ2v) is 5.82. The molecular formula is C20H18N2O3. The van der Waals surface area contributed by atoms with Gasteiger partial charge in [-0.3, -0.25) is 4.79 Å².